The first-order valence-corrected chi connectivity index (χ1v) is 38.6. The highest BCUT2D eigenvalue weighted by molar-refractivity contribution is 7.03. The van der Waals surface area contributed by atoms with E-state index >= 15 is 0 Å². The third-order valence-corrected chi connectivity index (χ3v) is 24.4. The summed E-state index contributed by atoms with van der Waals surface area (Å²) in [7, 11) is 0. The molecular formula is C102H62B2N6O2. The Balaban J connectivity index is 0.660. The van der Waals surface area contributed by atoms with Crippen molar-refractivity contribution in [3.05, 3.63) is 376 Å². The molecule has 6 aliphatic heterocycles. The molecule has 25 rings (SSSR count). The van der Waals surface area contributed by atoms with E-state index in [2.05, 4.69) is 406 Å². The average molecular weight is 1430 g/mol. The van der Waals surface area contributed by atoms with E-state index < -0.39 is 0 Å². The van der Waals surface area contributed by atoms with Gasteiger partial charge in [-0.2, -0.15) is 0 Å². The van der Waals surface area contributed by atoms with Crippen molar-refractivity contribution in [2.24, 2.45) is 0 Å². The van der Waals surface area contributed by atoms with Gasteiger partial charge in [0.25, 0.3) is 13.4 Å². The Morgan fingerprint density at radius 2 is 0.393 bits per heavy atom. The summed E-state index contributed by atoms with van der Waals surface area (Å²) in [4.78, 5) is 15.0. The van der Waals surface area contributed by atoms with Crippen LogP contribution in [-0.2, 0) is 0 Å². The summed E-state index contributed by atoms with van der Waals surface area (Å²) >= 11 is 0. The first kappa shape index (κ1) is 61.3. The fraction of sp³-hybridized carbons (Fsp3) is 0. The van der Waals surface area contributed by atoms with Gasteiger partial charge in [-0.15, -0.1) is 0 Å². The predicted octanol–water partition coefficient (Wildman–Crippen LogP) is 23.9. The number of hydrogen-bond acceptors (Lipinski definition) is 8. The van der Waals surface area contributed by atoms with Crippen molar-refractivity contribution >= 4 is 192 Å². The van der Waals surface area contributed by atoms with E-state index in [-0.39, 0.29) is 13.4 Å². The van der Waals surface area contributed by atoms with E-state index in [1.165, 1.54) is 78.3 Å². The van der Waals surface area contributed by atoms with E-state index in [9.17, 15) is 0 Å². The molecule has 0 unspecified atom stereocenters. The number of hydrogen-bond donors (Lipinski definition) is 0. The number of fused-ring (bicyclic) bond motifs is 6. The van der Waals surface area contributed by atoms with Crippen molar-refractivity contribution in [1.29, 1.82) is 0 Å². The lowest BCUT2D eigenvalue weighted by atomic mass is 9.31. The van der Waals surface area contributed by atoms with Crippen molar-refractivity contribution in [2.45, 2.75) is 0 Å². The van der Waals surface area contributed by atoms with E-state index in [0.717, 1.165) is 145 Å². The van der Waals surface area contributed by atoms with Crippen LogP contribution in [0.3, 0.4) is 0 Å². The fourth-order valence-corrected chi connectivity index (χ4v) is 20.0. The first-order valence-electron chi connectivity index (χ1n) is 38.6. The lowest BCUT2D eigenvalue weighted by Gasteiger charge is -2.49. The van der Waals surface area contributed by atoms with Gasteiger partial charge in [0.1, 0.15) is 22.3 Å². The Bertz CT molecular complexity index is 6490. The summed E-state index contributed by atoms with van der Waals surface area (Å²) in [5, 5.41) is 4.07. The number of benzene rings is 17. The molecule has 8 nitrogen and oxygen atoms in total. The van der Waals surface area contributed by atoms with Crippen LogP contribution in [0.1, 0.15) is 0 Å². The fourth-order valence-electron chi connectivity index (χ4n) is 20.0. The standard InChI is InChI=1S/C102H62B2N6O2/c1-7-27-69(28-8-1)105-77-41-23-45-81-95(77)103-96-78(105)42-24-46-82(96)108(72-33-13-4-14-34-72)86-60-67(59-85(99(86)103)107(81)71-31-11-3-12-32-71)63-51-55-65(56-52-63)91-93-75-39-19-21-49-89(75)112-102(93)92(94-76-40-20-22-50-90(76)111-101(91)94)66-57-53-64(54-58-66)68-61-87-100-88(62-68)110(74-37-17-6-18-38-74)84-48-26-44-80-98(84)104(100)97-79(106(80)70-29-9-2-10-30-70)43-25-47-83(97)109(87)73-35-15-5-16-36-73/h1-62H. The second kappa shape index (κ2) is 23.4. The number of furan rings is 2. The minimum Gasteiger partial charge on any atom is -0.455 e. The number of anilines is 18. The van der Waals surface area contributed by atoms with Crippen LogP contribution in [0.5, 0.6) is 0 Å². The van der Waals surface area contributed by atoms with Gasteiger partial charge >= 0.3 is 0 Å². The molecule has 0 saturated heterocycles. The molecule has 0 N–H and O–H groups in total. The van der Waals surface area contributed by atoms with Gasteiger partial charge in [0.15, 0.2) is 0 Å². The molecule has 0 bridgehead atoms. The molecule has 17 aromatic carbocycles. The van der Waals surface area contributed by atoms with Crippen LogP contribution in [0.4, 0.5) is 102 Å². The van der Waals surface area contributed by atoms with Crippen molar-refractivity contribution in [1.82, 2.24) is 0 Å². The molecular weight excluding hydrogens is 1360 g/mol. The van der Waals surface area contributed by atoms with Gasteiger partial charge in [-0.25, -0.2) is 0 Å². The number of rotatable bonds is 10. The van der Waals surface area contributed by atoms with Gasteiger partial charge in [0.05, 0.1) is 0 Å². The molecule has 112 heavy (non-hydrogen) atoms. The van der Waals surface area contributed by atoms with Gasteiger partial charge in [-0.1, -0.05) is 218 Å². The van der Waals surface area contributed by atoms with Gasteiger partial charge in [-0.3, -0.25) is 0 Å². The minimum absolute atomic E-state index is 0.0379. The van der Waals surface area contributed by atoms with Crippen LogP contribution >= 0.6 is 0 Å². The second-order valence-electron chi connectivity index (χ2n) is 30.1. The highest BCUT2D eigenvalue weighted by atomic mass is 16.3. The molecule has 0 saturated carbocycles. The van der Waals surface area contributed by atoms with Crippen LogP contribution in [0.2, 0.25) is 0 Å². The van der Waals surface area contributed by atoms with Crippen LogP contribution in [0.15, 0.2) is 385 Å². The molecule has 518 valence electrons. The summed E-state index contributed by atoms with van der Waals surface area (Å²) in [6.07, 6.45) is 0. The highest BCUT2D eigenvalue weighted by Gasteiger charge is 2.52. The largest absolute Gasteiger partial charge is 0.455 e. The van der Waals surface area contributed by atoms with E-state index in [0.29, 0.717) is 0 Å². The maximum atomic E-state index is 7.36. The van der Waals surface area contributed by atoms with E-state index in [1.54, 1.807) is 0 Å². The SMILES string of the molecule is c1ccc(N2c3cccc4c3B3c5c2cccc5N(c2ccccc2)c2cc(-c5ccc(-c6c7oc8ccccc8c7c(-c7ccc(-c8cc9c%10c(c8)N(c8ccccc8)c8cccc%11c8B%10c8c(cccc8N9c8ccccc8)N%11c8ccccc8)cc7)c7oc8ccccc8c67)cc5)cc(c23)N4c2ccccc2)cc1. The van der Waals surface area contributed by atoms with E-state index in [4.69, 9.17) is 8.83 Å². The molecule has 0 aliphatic carbocycles. The quantitative estimate of drug-likeness (QED) is 0.126. The Morgan fingerprint density at radius 3 is 0.652 bits per heavy atom. The Morgan fingerprint density at radius 1 is 0.179 bits per heavy atom. The zero-order valence-corrected chi connectivity index (χ0v) is 60.5. The summed E-state index contributed by atoms with van der Waals surface area (Å²) in [6.45, 7) is -0.0759. The van der Waals surface area contributed by atoms with Crippen LogP contribution in [0, 0.1) is 0 Å². The Labute approximate surface area is 647 Å². The van der Waals surface area contributed by atoms with Crippen molar-refractivity contribution in [3.63, 3.8) is 0 Å². The summed E-state index contributed by atoms with van der Waals surface area (Å²) in [5.74, 6) is 0. The monoisotopic (exact) mass is 1420 g/mol. The van der Waals surface area contributed by atoms with Crippen LogP contribution in [-0.4, -0.2) is 13.4 Å². The number of nitrogens with zero attached hydrogens (tertiary/aromatic N) is 6. The molecule has 6 aliphatic rings. The van der Waals surface area contributed by atoms with Gasteiger partial charge in [-0.05, 0) is 224 Å². The summed E-state index contributed by atoms with van der Waals surface area (Å²) in [6, 6.07) is 138. The lowest BCUT2D eigenvalue weighted by molar-refractivity contribution is 0.665. The molecule has 19 aromatic rings. The maximum Gasteiger partial charge on any atom is 0.257 e. The number of para-hydroxylation sites is 8. The second-order valence-corrected chi connectivity index (χ2v) is 30.1. The third kappa shape index (κ3) is 8.52. The van der Waals surface area contributed by atoms with Gasteiger partial charge in [0, 0.05) is 135 Å². The molecule has 0 radical (unpaired) electrons. The topological polar surface area (TPSA) is 45.7 Å². The molecule has 0 amide bonds. The molecule has 2 aromatic heterocycles. The zero-order chi connectivity index (χ0) is 73.0. The first-order chi connectivity index (χ1) is 55.6. The van der Waals surface area contributed by atoms with Gasteiger partial charge in [0.2, 0.25) is 0 Å². The molecule has 0 atom stereocenters. The summed E-state index contributed by atoms with van der Waals surface area (Å²) in [5.41, 5.74) is 40.3. The highest BCUT2D eigenvalue weighted by Crippen LogP contribution is 2.56. The van der Waals surface area contributed by atoms with Crippen LogP contribution in [0.25, 0.3) is 88.4 Å². The molecule has 8 heterocycles. The lowest BCUT2D eigenvalue weighted by Crippen LogP contribution is -2.64. The van der Waals surface area contributed by atoms with Crippen LogP contribution < -0.4 is 62.2 Å². The normalized spacial score (nSPS) is 13.6. The third-order valence-electron chi connectivity index (χ3n) is 24.4. The average Bonchev–Trinajstić information content (AvgIpc) is 0.954. The Hall–Kier alpha value is -14.7. The smallest absolute Gasteiger partial charge is 0.257 e. The van der Waals surface area contributed by atoms with Crippen molar-refractivity contribution < 1.29 is 8.83 Å². The molecule has 0 spiro atoms. The Kier molecular flexibility index (Phi) is 12.8. The zero-order valence-electron chi connectivity index (χ0n) is 60.5. The van der Waals surface area contributed by atoms with E-state index in [1.807, 2.05) is 0 Å². The summed E-state index contributed by atoms with van der Waals surface area (Å²) < 4.78 is 14.7. The predicted molar refractivity (Wildman–Crippen MR) is 467 cm³/mol. The maximum absolute atomic E-state index is 7.36. The van der Waals surface area contributed by atoms with Crippen molar-refractivity contribution in [3.8, 4) is 44.5 Å². The molecule has 0 fully saturated rings. The minimum atomic E-state index is -0.0379. The van der Waals surface area contributed by atoms with Gasteiger partial charge < -0.3 is 38.2 Å². The molecule has 10 heteroatoms. The van der Waals surface area contributed by atoms with Crippen molar-refractivity contribution in [2.75, 3.05) is 29.4 Å².